The van der Waals surface area contributed by atoms with Gasteiger partial charge in [0.1, 0.15) is 10.6 Å². The van der Waals surface area contributed by atoms with Crippen LogP contribution >= 0.6 is 0 Å². The molecule has 0 unspecified atom stereocenters. The minimum absolute atomic E-state index is 0.0588. The van der Waals surface area contributed by atoms with E-state index < -0.39 is 10.0 Å². The normalized spacial score (nSPS) is 16.9. The summed E-state index contributed by atoms with van der Waals surface area (Å²) in [7, 11) is -3.52. The van der Waals surface area contributed by atoms with Crippen molar-refractivity contribution in [3.05, 3.63) is 23.8 Å². The molecular weight excluding hydrogens is 286 g/mol. The molecule has 1 saturated carbocycles. The Bertz CT molecular complexity index is 563. The molecule has 5 heteroatoms. The second kappa shape index (κ2) is 7.27. The molecular formula is C16H25NO3S. The molecule has 21 heavy (non-hydrogen) atoms. The first-order valence-corrected chi connectivity index (χ1v) is 9.33. The van der Waals surface area contributed by atoms with Crippen molar-refractivity contribution in [2.75, 3.05) is 6.61 Å². The van der Waals surface area contributed by atoms with Crippen molar-refractivity contribution in [3.8, 4) is 5.75 Å². The van der Waals surface area contributed by atoms with Crippen LogP contribution in [0.3, 0.4) is 0 Å². The first-order chi connectivity index (χ1) is 10.1. The van der Waals surface area contributed by atoms with Gasteiger partial charge in [0, 0.05) is 6.04 Å². The van der Waals surface area contributed by atoms with Crippen molar-refractivity contribution in [1.29, 1.82) is 0 Å². The lowest BCUT2D eigenvalue weighted by molar-refractivity contribution is 0.330. The molecule has 1 aromatic carbocycles. The highest BCUT2D eigenvalue weighted by Crippen LogP contribution is 2.27. The molecule has 1 aromatic rings. The van der Waals surface area contributed by atoms with Crippen molar-refractivity contribution in [3.63, 3.8) is 0 Å². The Morgan fingerprint density at radius 1 is 1.19 bits per heavy atom. The number of aryl methyl sites for hydroxylation is 1. The van der Waals surface area contributed by atoms with Crippen LogP contribution in [0, 0.1) is 0 Å². The Morgan fingerprint density at radius 2 is 1.90 bits per heavy atom. The second-order valence-corrected chi connectivity index (χ2v) is 7.21. The average Bonchev–Trinajstić information content (AvgIpc) is 2.48. The number of rotatable bonds is 6. The van der Waals surface area contributed by atoms with Gasteiger partial charge in [-0.1, -0.05) is 32.3 Å². The number of hydrogen-bond acceptors (Lipinski definition) is 3. The summed E-state index contributed by atoms with van der Waals surface area (Å²) in [6, 6.07) is 5.47. The summed E-state index contributed by atoms with van der Waals surface area (Å²) in [4.78, 5) is 0.272. The quantitative estimate of drug-likeness (QED) is 0.877. The topological polar surface area (TPSA) is 55.4 Å². The maximum Gasteiger partial charge on any atom is 0.244 e. The summed E-state index contributed by atoms with van der Waals surface area (Å²) >= 11 is 0. The van der Waals surface area contributed by atoms with E-state index in [9.17, 15) is 8.42 Å². The van der Waals surface area contributed by atoms with Gasteiger partial charge in [0.15, 0.2) is 0 Å². The Kier molecular flexibility index (Phi) is 5.65. The van der Waals surface area contributed by atoms with E-state index in [-0.39, 0.29) is 10.9 Å². The lowest BCUT2D eigenvalue weighted by Gasteiger charge is -2.23. The molecule has 1 N–H and O–H groups in total. The third kappa shape index (κ3) is 4.20. The van der Waals surface area contributed by atoms with Gasteiger partial charge in [-0.15, -0.1) is 0 Å². The fourth-order valence-electron chi connectivity index (χ4n) is 2.76. The molecule has 118 valence electrons. The number of benzene rings is 1. The van der Waals surface area contributed by atoms with E-state index in [1.807, 2.05) is 19.9 Å². The molecule has 0 bridgehead atoms. The van der Waals surface area contributed by atoms with Gasteiger partial charge in [0.2, 0.25) is 10.0 Å². The minimum atomic E-state index is -3.52. The maximum atomic E-state index is 12.7. The molecule has 0 heterocycles. The molecule has 0 spiro atoms. The van der Waals surface area contributed by atoms with Gasteiger partial charge in [-0.2, -0.15) is 0 Å². The lowest BCUT2D eigenvalue weighted by Crippen LogP contribution is -2.36. The first kappa shape index (κ1) is 16.3. The van der Waals surface area contributed by atoms with E-state index in [1.165, 1.54) is 6.42 Å². The molecule has 0 atom stereocenters. The zero-order valence-electron chi connectivity index (χ0n) is 12.9. The Labute approximate surface area is 127 Å². The Morgan fingerprint density at radius 3 is 2.52 bits per heavy atom. The van der Waals surface area contributed by atoms with Crippen LogP contribution < -0.4 is 9.46 Å². The largest absolute Gasteiger partial charge is 0.492 e. The van der Waals surface area contributed by atoms with Gasteiger partial charge in [-0.25, -0.2) is 13.1 Å². The van der Waals surface area contributed by atoms with E-state index in [0.29, 0.717) is 12.4 Å². The molecule has 0 aromatic heterocycles. The molecule has 4 nitrogen and oxygen atoms in total. The van der Waals surface area contributed by atoms with E-state index in [0.717, 1.165) is 37.7 Å². The summed E-state index contributed by atoms with van der Waals surface area (Å²) in [6.07, 6.45) is 6.06. The van der Waals surface area contributed by atoms with Crippen molar-refractivity contribution >= 4 is 10.0 Å². The molecule has 1 aliphatic rings. The zero-order valence-corrected chi connectivity index (χ0v) is 13.7. The predicted molar refractivity (Wildman–Crippen MR) is 84.2 cm³/mol. The summed E-state index contributed by atoms with van der Waals surface area (Å²) in [6.45, 7) is 4.33. The van der Waals surface area contributed by atoms with Crippen LogP contribution in [-0.4, -0.2) is 21.1 Å². The maximum absolute atomic E-state index is 12.7. The molecule has 2 rings (SSSR count). The zero-order chi connectivity index (χ0) is 15.3. The Hall–Kier alpha value is -1.07. The van der Waals surface area contributed by atoms with Crippen LogP contribution in [0.15, 0.2) is 23.1 Å². The molecule has 1 aliphatic carbocycles. The minimum Gasteiger partial charge on any atom is -0.492 e. The fourth-order valence-corrected chi connectivity index (χ4v) is 4.26. The third-order valence-electron chi connectivity index (χ3n) is 3.93. The average molecular weight is 311 g/mol. The SMILES string of the molecule is CCOc1ccc(CC)cc1S(=O)(=O)NC1CCCCC1. The highest BCUT2D eigenvalue weighted by Gasteiger charge is 2.25. The van der Waals surface area contributed by atoms with Crippen molar-refractivity contribution in [2.24, 2.45) is 0 Å². The summed E-state index contributed by atoms with van der Waals surface area (Å²) in [5.41, 5.74) is 1.00. The number of hydrogen-bond donors (Lipinski definition) is 1. The first-order valence-electron chi connectivity index (χ1n) is 7.85. The van der Waals surface area contributed by atoms with E-state index in [2.05, 4.69) is 4.72 Å². The van der Waals surface area contributed by atoms with E-state index in [4.69, 9.17) is 4.74 Å². The van der Waals surface area contributed by atoms with E-state index >= 15 is 0 Å². The van der Waals surface area contributed by atoms with Crippen LogP contribution in [-0.2, 0) is 16.4 Å². The summed E-state index contributed by atoms with van der Waals surface area (Å²) in [5.74, 6) is 0.443. The number of ether oxygens (including phenoxy) is 1. The molecule has 0 aliphatic heterocycles. The second-order valence-electron chi connectivity index (χ2n) is 5.52. The lowest BCUT2D eigenvalue weighted by atomic mass is 9.96. The Balaban J connectivity index is 2.28. The van der Waals surface area contributed by atoms with Crippen molar-refractivity contribution in [1.82, 2.24) is 4.72 Å². The predicted octanol–water partition coefficient (Wildman–Crippen LogP) is 3.26. The van der Waals surface area contributed by atoms with Gasteiger partial charge in [-0.3, -0.25) is 0 Å². The van der Waals surface area contributed by atoms with Gasteiger partial charge in [0.25, 0.3) is 0 Å². The van der Waals surface area contributed by atoms with Gasteiger partial charge in [-0.05, 0) is 43.9 Å². The standard InChI is InChI=1S/C16H25NO3S/c1-3-13-10-11-15(20-4-2)16(12-13)21(18,19)17-14-8-6-5-7-9-14/h10-12,14,17H,3-9H2,1-2H3. The monoisotopic (exact) mass is 311 g/mol. The fraction of sp³-hybridized carbons (Fsp3) is 0.625. The molecule has 0 amide bonds. The third-order valence-corrected chi connectivity index (χ3v) is 5.47. The molecule has 1 fully saturated rings. The van der Waals surface area contributed by atoms with Crippen LogP contribution in [0.1, 0.15) is 51.5 Å². The molecule has 0 saturated heterocycles. The van der Waals surface area contributed by atoms with E-state index in [1.54, 1.807) is 12.1 Å². The number of nitrogens with one attached hydrogen (secondary N) is 1. The van der Waals surface area contributed by atoms with Crippen molar-refractivity contribution in [2.45, 2.75) is 63.3 Å². The highest BCUT2D eigenvalue weighted by atomic mass is 32.2. The molecule has 0 radical (unpaired) electrons. The van der Waals surface area contributed by atoms with Crippen molar-refractivity contribution < 1.29 is 13.2 Å². The van der Waals surface area contributed by atoms with Gasteiger partial charge >= 0.3 is 0 Å². The summed E-state index contributed by atoms with van der Waals surface area (Å²) in [5, 5.41) is 0. The highest BCUT2D eigenvalue weighted by molar-refractivity contribution is 7.89. The van der Waals surface area contributed by atoms with Crippen LogP contribution in [0.2, 0.25) is 0 Å². The summed E-state index contributed by atoms with van der Waals surface area (Å²) < 4.78 is 33.7. The van der Waals surface area contributed by atoms with Crippen LogP contribution in [0.25, 0.3) is 0 Å². The van der Waals surface area contributed by atoms with Crippen LogP contribution in [0.5, 0.6) is 5.75 Å². The number of sulfonamides is 1. The smallest absolute Gasteiger partial charge is 0.244 e. The van der Waals surface area contributed by atoms with Gasteiger partial charge in [0.05, 0.1) is 6.61 Å². The van der Waals surface area contributed by atoms with Crippen LogP contribution in [0.4, 0.5) is 0 Å². The van der Waals surface area contributed by atoms with Gasteiger partial charge < -0.3 is 4.74 Å².